The van der Waals surface area contributed by atoms with Gasteiger partial charge in [0.05, 0.1) is 12.4 Å². The average molecular weight is 434 g/mol. The SMILES string of the molecule is CCSC[C@H]1O[C@@H](n2cnc3c(NC(C4CCC4)C4CCC4)ncnc32)[C@H](O)[C@@H]1O. The van der Waals surface area contributed by atoms with E-state index in [1.54, 1.807) is 29.0 Å². The molecule has 3 fully saturated rings. The summed E-state index contributed by atoms with van der Waals surface area (Å²) in [5.41, 5.74) is 1.31. The van der Waals surface area contributed by atoms with Gasteiger partial charge >= 0.3 is 0 Å². The Morgan fingerprint density at radius 2 is 1.87 bits per heavy atom. The maximum Gasteiger partial charge on any atom is 0.167 e. The van der Waals surface area contributed by atoms with Crippen molar-refractivity contribution in [2.45, 2.75) is 76.0 Å². The summed E-state index contributed by atoms with van der Waals surface area (Å²) in [4.78, 5) is 13.5. The van der Waals surface area contributed by atoms with Gasteiger partial charge in [0.25, 0.3) is 0 Å². The molecule has 0 amide bonds. The topological polar surface area (TPSA) is 105 Å². The Kier molecular flexibility index (Phi) is 5.88. The van der Waals surface area contributed by atoms with Gasteiger partial charge in [0.15, 0.2) is 23.2 Å². The average Bonchev–Trinajstić information content (AvgIpc) is 3.20. The Morgan fingerprint density at radius 3 is 2.50 bits per heavy atom. The molecule has 1 saturated heterocycles. The van der Waals surface area contributed by atoms with Crippen LogP contribution in [0.25, 0.3) is 11.2 Å². The molecule has 0 aromatic carbocycles. The van der Waals surface area contributed by atoms with E-state index in [0.717, 1.165) is 11.6 Å². The van der Waals surface area contributed by atoms with E-state index in [9.17, 15) is 10.2 Å². The van der Waals surface area contributed by atoms with E-state index < -0.39 is 24.5 Å². The highest BCUT2D eigenvalue weighted by Gasteiger charge is 2.44. The summed E-state index contributed by atoms with van der Waals surface area (Å²) in [6, 6.07) is 0.446. The molecule has 2 aromatic heterocycles. The molecule has 0 spiro atoms. The van der Waals surface area contributed by atoms with Gasteiger partial charge in [-0.15, -0.1) is 0 Å². The standard InChI is InChI=1S/C21H31N5O3S/c1-2-30-9-14-17(27)18(28)21(29-14)26-11-24-16-19(22-10-23-20(16)26)25-15(12-5-3-6-12)13-7-4-8-13/h10-15,17-18,21,27-28H,2-9H2,1H3,(H,22,23,25)/t14-,17-,18-,21-/m1/s1. The van der Waals surface area contributed by atoms with Crippen molar-refractivity contribution in [1.29, 1.82) is 0 Å². The van der Waals surface area contributed by atoms with E-state index in [4.69, 9.17) is 4.74 Å². The largest absolute Gasteiger partial charge is 0.387 e. The number of thioether (sulfide) groups is 1. The zero-order valence-electron chi connectivity index (χ0n) is 17.4. The molecule has 3 aliphatic rings. The van der Waals surface area contributed by atoms with Crippen molar-refractivity contribution in [2.75, 3.05) is 16.8 Å². The number of aromatic nitrogens is 4. The predicted molar refractivity (Wildman–Crippen MR) is 116 cm³/mol. The molecule has 164 valence electrons. The van der Waals surface area contributed by atoms with E-state index in [1.807, 2.05) is 0 Å². The molecule has 2 aromatic rings. The summed E-state index contributed by atoms with van der Waals surface area (Å²) < 4.78 is 7.74. The number of aliphatic hydroxyl groups excluding tert-OH is 2. The van der Waals surface area contributed by atoms with E-state index in [1.165, 1.54) is 38.5 Å². The lowest BCUT2D eigenvalue weighted by Gasteiger charge is -2.43. The molecule has 5 rings (SSSR count). The molecule has 30 heavy (non-hydrogen) atoms. The third kappa shape index (κ3) is 3.59. The van der Waals surface area contributed by atoms with Crippen LogP contribution in [-0.4, -0.2) is 65.6 Å². The molecule has 4 atom stereocenters. The molecule has 0 bridgehead atoms. The maximum atomic E-state index is 10.6. The number of rotatable bonds is 8. The molecule has 2 saturated carbocycles. The van der Waals surface area contributed by atoms with Crippen LogP contribution in [0.1, 0.15) is 51.7 Å². The first-order valence-corrected chi connectivity index (χ1v) is 12.4. The monoisotopic (exact) mass is 433 g/mol. The second-order valence-electron chi connectivity index (χ2n) is 8.80. The number of aliphatic hydroxyl groups is 2. The number of nitrogens with one attached hydrogen (secondary N) is 1. The van der Waals surface area contributed by atoms with Gasteiger partial charge in [-0.25, -0.2) is 15.0 Å². The Bertz CT molecular complexity index is 857. The Balaban J connectivity index is 1.39. The van der Waals surface area contributed by atoms with Crippen LogP contribution >= 0.6 is 11.8 Å². The van der Waals surface area contributed by atoms with E-state index in [2.05, 4.69) is 27.2 Å². The molecule has 3 N–H and O–H groups in total. The van der Waals surface area contributed by atoms with Gasteiger partial charge < -0.3 is 20.3 Å². The third-order valence-electron chi connectivity index (χ3n) is 7.08. The van der Waals surface area contributed by atoms with Crippen molar-refractivity contribution in [3.05, 3.63) is 12.7 Å². The Hall–Kier alpha value is -1.42. The number of imidazole rings is 1. The van der Waals surface area contributed by atoms with Crippen molar-refractivity contribution >= 4 is 28.7 Å². The highest BCUT2D eigenvalue weighted by atomic mass is 32.2. The summed E-state index contributed by atoms with van der Waals surface area (Å²) in [7, 11) is 0. The maximum absolute atomic E-state index is 10.6. The van der Waals surface area contributed by atoms with Gasteiger partial charge in [-0.2, -0.15) is 11.8 Å². The zero-order valence-corrected chi connectivity index (χ0v) is 18.2. The van der Waals surface area contributed by atoms with Crippen LogP contribution in [0.3, 0.4) is 0 Å². The second kappa shape index (κ2) is 8.61. The molecule has 3 heterocycles. The summed E-state index contributed by atoms with van der Waals surface area (Å²) in [5, 5.41) is 24.7. The fourth-order valence-electron chi connectivity index (χ4n) is 4.85. The number of anilines is 1. The van der Waals surface area contributed by atoms with Crippen LogP contribution in [0.5, 0.6) is 0 Å². The number of fused-ring (bicyclic) bond motifs is 1. The highest BCUT2D eigenvalue weighted by molar-refractivity contribution is 7.99. The number of nitrogens with zero attached hydrogens (tertiary/aromatic N) is 4. The van der Waals surface area contributed by atoms with Gasteiger partial charge in [0.1, 0.15) is 18.5 Å². The molecular formula is C21H31N5O3S. The lowest BCUT2D eigenvalue weighted by atomic mass is 9.68. The van der Waals surface area contributed by atoms with Crippen molar-refractivity contribution in [1.82, 2.24) is 19.5 Å². The molecule has 0 radical (unpaired) electrons. The van der Waals surface area contributed by atoms with Crippen LogP contribution in [0, 0.1) is 11.8 Å². The molecule has 8 nitrogen and oxygen atoms in total. The minimum Gasteiger partial charge on any atom is -0.387 e. The molecular weight excluding hydrogens is 402 g/mol. The highest BCUT2D eigenvalue weighted by Crippen LogP contribution is 2.42. The fourth-order valence-corrected chi connectivity index (χ4v) is 5.59. The van der Waals surface area contributed by atoms with Crippen LogP contribution in [0.2, 0.25) is 0 Å². The van der Waals surface area contributed by atoms with Gasteiger partial charge in [-0.1, -0.05) is 19.8 Å². The lowest BCUT2D eigenvalue weighted by molar-refractivity contribution is -0.0288. The molecule has 2 aliphatic carbocycles. The van der Waals surface area contributed by atoms with Crippen molar-refractivity contribution in [3.8, 4) is 0 Å². The van der Waals surface area contributed by atoms with Gasteiger partial charge in [0.2, 0.25) is 0 Å². The Labute approximate surface area is 180 Å². The van der Waals surface area contributed by atoms with E-state index in [0.29, 0.717) is 34.8 Å². The smallest absolute Gasteiger partial charge is 0.167 e. The number of hydrogen-bond acceptors (Lipinski definition) is 8. The van der Waals surface area contributed by atoms with E-state index >= 15 is 0 Å². The number of ether oxygens (including phenoxy) is 1. The minimum atomic E-state index is -1.02. The van der Waals surface area contributed by atoms with Crippen molar-refractivity contribution < 1.29 is 14.9 Å². The Morgan fingerprint density at radius 1 is 1.13 bits per heavy atom. The molecule has 1 aliphatic heterocycles. The lowest BCUT2D eigenvalue weighted by Crippen LogP contribution is -2.42. The quantitative estimate of drug-likeness (QED) is 0.583. The first kappa shape index (κ1) is 20.5. The van der Waals surface area contributed by atoms with Crippen LogP contribution in [-0.2, 0) is 4.74 Å². The summed E-state index contributed by atoms with van der Waals surface area (Å²) in [6.07, 6.45) is 7.91. The first-order valence-electron chi connectivity index (χ1n) is 11.2. The summed E-state index contributed by atoms with van der Waals surface area (Å²) in [5.74, 6) is 3.77. The molecule has 0 unspecified atom stereocenters. The minimum absolute atomic E-state index is 0.409. The normalized spacial score (nSPS) is 30.0. The van der Waals surface area contributed by atoms with Gasteiger partial charge in [0, 0.05) is 11.8 Å². The predicted octanol–water partition coefficient (Wildman–Crippen LogP) is 2.58. The van der Waals surface area contributed by atoms with Crippen LogP contribution in [0.4, 0.5) is 5.82 Å². The van der Waals surface area contributed by atoms with Gasteiger partial charge in [-0.05, 0) is 43.3 Å². The fraction of sp³-hybridized carbons (Fsp3) is 0.762. The zero-order chi connectivity index (χ0) is 20.7. The van der Waals surface area contributed by atoms with E-state index in [-0.39, 0.29) is 0 Å². The molecule has 9 heteroatoms. The summed E-state index contributed by atoms with van der Waals surface area (Å²) >= 11 is 1.69. The summed E-state index contributed by atoms with van der Waals surface area (Å²) in [6.45, 7) is 2.06. The third-order valence-corrected chi connectivity index (χ3v) is 8.05. The second-order valence-corrected chi connectivity index (χ2v) is 10.1. The van der Waals surface area contributed by atoms with Crippen molar-refractivity contribution in [2.24, 2.45) is 11.8 Å². The first-order chi connectivity index (χ1) is 14.7. The van der Waals surface area contributed by atoms with Crippen LogP contribution < -0.4 is 5.32 Å². The van der Waals surface area contributed by atoms with Gasteiger partial charge in [-0.3, -0.25) is 4.57 Å². The number of hydrogen-bond donors (Lipinski definition) is 3. The van der Waals surface area contributed by atoms with Crippen LogP contribution in [0.15, 0.2) is 12.7 Å². The van der Waals surface area contributed by atoms with Crippen molar-refractivity contribution in [3.63, 3.8) is 0 Å².